The van der Waals surface area contributed by atoms with Gasteiger partial charge in [-0.25, -0.2) is 4.98 Å². The smallest absolute Gasteiger partial charge is 0.337 e. The first-order chi connectivity index (χ1) is 7.81. The van der Waals surface area contributed by atoms with Gasteiger partial charge in [-0.2, -0.15) is 0 Å². The molecule has 1 rings (SSSR count). The lowest BCUT2D eigenvalue weighted by atomic mass is 10.5. The van der Waals surface area contributed by atoms with Crippen molar-refractivity contribution in [3.8, 4) is 0 Å². The van der Waals surface area contributed by atoms with E-state index in [-0.39, 0.29) is 25.8 Å². The third-order valence-electron chi connectivity index (χ3n) is 1.67. The molecule has 0 amide bonds. The molecular formula is C11H23N2O3PS. The van der Waals surface area contributed by atoms with E-state index in [0.29, 0.717) is 10.8 Å². The van der Waals surface area contributed by atoms with Crippen LogP contribution in [-0.4, -0.2) is 17.2 Å². The van der Waals surface area contributed by atoms with Crippen molar-refractivity contribution in [1.29, 1.82) is 0 Å². The highest BCUT2D eigenvalue weighted by atomic mass is 32.1. The molecule has 1 aromatic heterocycles. The van der Waals surface area contributed by atoms with Crippen LogP contribution in [-0.2, 0) is 19.8 Å². The van der Waals surface area contributed by atoms with Gasteiger partial charge >= 0.3 is 7.60 Å². The standard InChI is InChI=1S/C10H19N2O3PS.CH4/c1-7(2)14-16(13,15-8(3)4)5-9-6-17-10(11)12-9;/h6-8H,5H2,1-4H3,(H2,11,12);1H4. The molecule has 7 heteroatoms. The first-order valence-electron chi connectivity index (χ1n) is 5.46. The van der Waals surface area contributed by atoms with Crippen LogP contribution in [0.15, 0.2) is 5.38 Å². The molecule has 0 aliphatic heterocycles. The van der Waals surface area contributed by atoms with E-state index >= 15 is 0 Å². The molecule has 0 unspecified atom stereocenters. The van der Waals surface area contributed by atoms with Gasteiger partial charge in [0.25, 0.3) is 0 Å². The Morgan fingerprint density at radius 2 is 1.83 bits per heavy atom. The molecular weight excluding hydrogens is 271 g/mol. The number of nitrogen functional groups attached to an aromatic ring is 1. The van der Waals surface area contributed by atoms with Crippen LogP contribution < -0.4 is 5.73 Å². The number of hydrogen-bond acceptors (Lipinski definition) is 6. The third-order valence-corrected chi connectivity index (χ3v) is 4.59. The Labute approximate surface area is 113 Å². The molecule has 1 heterocycles. The van der Waals surface area contributed by atoms with Crippen LogP contribution in [0.25, 0.3) is 0 Å². The molecule has 0 aliphatic rings. The summed E-state index contributed by atoms with van der Waals surface area (Å²) in [7, 11) is -3.15. The molecule has 0 saturated carbocycles. The topological polar surface area (TPSA) is 74.4 Å². The van der Waals surface area contributed by atoms with Crippen LogP contribution in [0.2, 0.25) is 0 Å². The van der Waals surface area contributed by atoms with Gasteiger partial charge in [0.15, 0.2) is 5.13 Å². The Morgan fingerprint density at radius 1 is 1.33 bits per heavy atom. The predicted molar refractivity (Wildman–Crippen MR) is 77.0 cm³/mol. The zero-order chi connectivity index (χ0) is 13.1. The van der Waals surface area contributed by atoms with Crippen LogP contribution in [0, 0.1) is 0 Å². The van der Waals surface area contributed by atoms with Gasteiger partial charge in [-0.15, -0.1) is 11.3 Å². The van der Waals surface area contributed by atoms with E-state index in [0.717, 1.165) is 0 Å². The minimum atomic E-state index is -3.15. The molecule has 18 heavy (non-hydrogen) atoms. The number of hydrogen-bond donors (Lipinski definition) is 1. The monoisotopic (exact) mass is 294 g/mol. The zero-order valence-corrected chi connectivity index (χ0v) is 12.3. The largest absolute Gasteiger partial charge is 0.375 e. The lowest BCUT2D eigenvalue weighted by Gasteiger charge is -2.22. The summed E-state index contributed by atoms with van der Waals surface area (Å²) in [5.74, 6) is 0. The van der Waals surface area contributed by atoms with Gasteiger partial charge in [0.2, 0.25) is 0 Å². The van der Waals surface area contributed by atoms with E-state index in [2.05, 4.69) is 4.98 Å². The predicted octanol–water partition coefficient (Wildman–Crippen LogP) is 3.90. The van der Waals surface area contributed by atoms with Gasteiger partial charge in [-0.1, -0.05) is 7.43 Å². The number of thiazole rings is 1. The summed E-state index contributed by atoms with van der Waals surface area (Å²) in [6, 6.07) is 0. The molecule has 0 aromatic carbocycles. The summed E-state index contributed by atoms with van der Waals surface area (Å²) in [6.07, 6.45) is -0.150. The van der Waals surface area contributed by atoms with E-state index in [1.165, 1.54) is 11.3 Å². The highest BCUT2D eigenvalue weighted by Gasteiger charge is 2.29. The Kier molecular flexibility index (Phi) is 7.07. The van der Waals surface area contributed by atoms with Gasteiger partial charge in [0.1, 0.15) is 0 Å². The normalized spacial score (nSPS) is 11.9. The van der Waals surface area contributed by atoms with E-state index in [1.54, 1.807) is 5.38 Å². The molecule has 106 valence electrons. The minimum absolute atomic E-state index is 0. The van der Waals surface area contributed by atoms with Gasteiger partial charge in [-0.3, -0.25) is 4.57 Å². The van der Waals surface area contributed by atoms with Crippen molar-refractivity contribution < 1.29 is 13.6 Å². The second-order valence-electron chi connectivity index (χ2n) is 4.25. The van der Waals surface area contributed by atoms with Gasteiger partial charge in [-0.05, 0) is 27.7 Å². The van der Waals surface area contributed by atoms with Crippen LogP contribution in [0.1, 0.15) is 40.8 Å². The molecule has 1 aromatic rings. The van der Waals surface area contributed by atoms with Gasteiger partial charge in [0, 0.05) is 5.38 Å². The quantitative estimate of drug-likeness (QED) is 0.805. The van der Waals surface area contributed by atoms with E-state index in [1.807, 2.05) is 27.7 Å². The average molecular weight is 294 g/mol. The van der Waals surface area contributed by atoms with Crippen molar-refractivity contribution in [2.45, 2.75) is 53.5 Å². The summed E-state index contributed by atoms with van der Waals surface area (Å²) < 4.78 is 23.3. The maximum Gasteiger partial charge on any atom is 0.337 e. The summed E-state index contributed by atoms with van der Waals surface area (Å²) >= 11 is 1.32. The first-order valence-corrected chi connectivity index (χ1v) is 8.07. The molecule has 0 saturated heterocycles. The van der Waals surface area contributed by atoms with Crippen LogP contribution in [0.5, 0.6) is 0 Å². The third kappa shape index (κ3) is 5.96. The Hall–Kier alpha value is -0.420. The zero-order valence-electron chi connectivity index (χ0n) is 10.5. The number of rotatable bonds is 6. The van der Waals surface area contributed by atoms with Crippen LogP contribution in [0.3, 0.4) is 0 Å². The van der Waals surface area contributed by atoms with E-state index in [4.69, 9.17) is 14.8 Å². The van der Waals surface area contributed by atoms with Crippen molar-refractivity contribution >= 4 is 24.1 Å². The van der Waals surface area contributed by atoms with E-state index < -0.39 is 7.60 Å². The van der Waals surface area contributed by atoms with Gasteiger partial charge in [0.05, 0.1) is 24.1 Å². The second-order valence-corrected chi connectivity index (χ2v) is 7.10. The van der Waals surface area contributed by atoms with E-state index in [9.17, 15) is 4.57 Å². The van der Waals surface area contributed by atoms with Crippen LogP contribution >= 0.6 is 18.9 Å². The maximum atomic E-state index is 12.5. The van der Waals surface area contributed by atoms with Crippen molar-refractivity contribution in [1.82, 2.24) is 4.98 Å². The van der Waals surface area contributed by atoms with Crippen molar-refractivity contribution in [3.05, 3.63) is 11.1 Å². The van der Waals surface area contributed by atoms with Crippen molar-refractivity contribution in [2.24, 2.45) is 0 Å². The van der Waals surface area contributed by atoms with Crippen molar-refractivity contribution in [3.63, 3.8) is 0 Å². The number of nitrogens with two attached hydrogens (primary N) is 1. The summed E-state index contributed by atoms with van der Waals surface area (Å²) in [5, 5.41) is 2.23. The first kappa shape index (κ1) is 17.6. The molecule has 0 aliphatic carbocycles. The SMILES string of the molecule is C.CC(C)OP(=O)(Cc1csc(N)n1)OC(C)C. The summed E-state index contributed by atoms with van der Waals surface area (Å²) in [5.41, 5.74) is 6.19. The molecule has 0 bridgehead atoms. The fraction of sp³-hybridized carbons (Fsp3) is 0.727. The number of anilines is 1. The lowest BCUT2D eigenvalue weighted by molar-refractivity contribution is 0.141. The highest BCUT2D eigenvalue weighted by Crippen LogP contribution is 2.53. The highest BCUT2D eigenvalue weighted by molar-refractivity contribution is 7.53. The molecule has 0 radical (unpaired) electrons. The fourth-order valence-electron chi connectivity index (χ4n) is 1.34. The average Bonchev–Trinajstić information content (AvgIpc) is 2.46. The van der Waals surface area contributed by atoms with Gasteiger partial charge < -0.3 is 14.8 Å². The number of aromatic nitrogens is 1. The maximum absolute atomic E-state index is 12.5. The molecule has 0 atom stereocenters. The van der Waals surface area contributed by atoms with Crippen molar-refractivity contribution in [2.75, 3.05) is 5.73 Å². The summed E-state index contributed by atoms with van der Waals surface area (Å²) in [4.78, 5) is 4.07. The number of nitrogens with zero attached hydrogens (tertiary/aromatic N) is 1. The fourth-order valence-corrected chi connectivity index (χ4v) is 4.06. The summed E-state index contributed by atoms with van der Waals surface area (Å²) in [6.45, 7) is 7.30. The Morgan fingerprint density at radius 3 is 2.17 bits per heavy atom. The molecule has 5 nitrogen and oxygen atoms in total. The Balaban J connectivity index is 0.00000289. The minimum Gasteiger partial charge on any atom is -0.375 e. The second kappa shape index (κ2) is 7.24. The lowest BCUT2D eigenvalue weighted by Crippen LogP contribution is -2.09. The molecule has 2 N–H and O–H groups in total. The molecule has 0 spiro atoms. The Bertz CT molecular complexity index is 393. The molecule has 0 fully saturated rings. The van der Waals surface area contributed by atoms with Crippen LogP contribution in [0.4, 0.5) is 5.13 Å².